The largest absolute Gasteiger partial charge is 0.323 e. The number of amides is 1. The van der Waals surface area contributed by atoms with Gasteiger partial charge in [0.25, 0.3) is 5.91 Å². The fraction of sp³-hybridized carbons (Fsp3) is 0.467. The molecule has 0 aromatic heterocycles. The quantitative estimate of drug-likeness (QED) is 0.795. The third-order valence-corrected chi connectivity index (χ3v) is 4.74. The minimum absolute atomic E-state index is 0.0466. The summed E-state index contributed by atoms with van der Waals surface area (Å²) in [7, 11) is 1.75. The first-order valence-corrected chi connectivity index (χ1v) is 7.60. The third-order valence-electron chi connectivity index (χ3n) is 4.01. The first-order valence-electron chi connectivity index (χ1n) is 6.38. The van der Waals surface area contributed by atoms with E-state index >= 15 is 0 Å². The van der Waals surface area contributed by atoms with Crippen LogP contribution in [0.4, 0.5) is 0 Å². The van der Waals surface area contributed by atoms with Crippen LogP contribution in [0, 0.1) is 18.3 Å². The van der Waals surface area contributed by atoms with Crippen LogP contribution in [-0.4, -0.2) is 29.6 Å². The van der Waals surface area contributed by atoms with Crippen molar-refractivity contribution in [2.75, 3.05) is 13.3 Å². The number of benzene rings is 1. The molecular weight excluding hydrogens is 256 g/mol. The van der Waals surface area contributed by atoms with E-state index in [0.717, 1.165) is 29.7 Å². The summed E-state index contributed by atoms with van der Waals surface area (Å²) in [6.45, 7) is 1.94. The average molecular weight is 274 g/mol. The minimum Gasteiger partial charge on any atom is -0.323 e. The molecule has 0 atom stereocenters. The normalized spacial score (nSPS) is 16.3. The maximum atomic E-state index is 12.6. The maximum Gasteiger partial charge on any atom is 0.255 e. The predicted octanol–water partition coefficient (Wildman–Crippen LogP) is 3.24. The maximum absolute atomic E-state index is 12.6. The Morgan fingerprint density at radius 2 is 2.16 bits per heavy atom. The second kappa shape index (κ2) is 5.26. The van der Waals surface area contributed by atoms with Gasteiger partial charge in [0.05, 0.1) is 6.07 Å². The topological polar surface area (TPSA) is 44.1 Å². The molecule has 1 aliphatic carbocycles. The van der Waals surface area contributed by atoms with Gasteiger partial charge >= 0.3 is 0 Å². The van der Waals surface area contributed by atoms with Crippen LogP contribution in [0.3, 0.4) is 0 Å². The highest BCUT2D eigenvalue weighted by atomic mass is 32.2. The molecular formula is C15H18N2OS. The number of rotatable bonds is 3. The highest BCUT2D eigenvalue weighted by Crippen LogP contribution is 2.37. The molecule has 4 heteroatoms. The third kappa shape index (κ3) is 2.35. The average Bonchev–Trinajstić information content (AvgIpc) is 2.38. The van der Waals surface area contributed by atoms with E-state index in [2.05, 4.69) is 6.07 Å². The molecule has 0 unspecified atom stereocenters. The van der Waals surface area contributed by atoms with Gasteiger partial charge < -0.3 is 4.90 Å². The second-order valence-electron chi connectivity index (χ2n) is 5.04. The van der Waals surface area contributed by atoms with Crippen LogP contribution < -0.4 is 0 Å². The lowest BCUT2D eigenvalue weighted by Crippen LogP contribution is -2.53. The zero-order chi connectivity index (χ0) is 14.0. The second-order valence-corrected chi connectivity index (χ2v) is 5.92. The lowest BCUT2D eigenvalue weighted by Gasteiger charge is -2.43. The van der Waals surface area contributed by atoms with Crippen LogP contribution in [0.5, 0.6) is 0 Å². The number of hydrogen-bond acceptors (Lipinski definition) is 3. The van der Waals surface area contributed by atoms with Crippen LogP contribution in [0.2, 0.25) is 0 Å². The lowest BCUT2D eigenvalue weighted by atomic mass is 9.76. The summed E-state index contributed by atoms with van der Waals surface area (Å²) in [6, 6.07) is 8.21. The van der Waals surface area contributed by atoms with Crippen molar-refractivity contribution in [3.63, 3.8) is 0 Å². The van der Waals surface area contributed by atoms with E-state index in [-0.39, 0.29) is 5.91 Å². The van der Waals surface area contributed by atoms with Crippen LogP contribution in [0.15, 0.2) is 23.1 Å². The molecule has 1 aromatic rings. The molecule has 0 radical (unpaired) electrons. The van der Waals surface area contributed by atoms with Crippen molar-refractivity contribution in [1.82, 2.24) is 4.90 Å². The summed E-state index contributed by atoms with van der Waals surface area (Å²) < 4.78 is 0. The Balaban J connectivity index is 2.32. The van der Waals surface area contributed by atoms with Gasteiger partial charge in [-0.25, -0.2) is 0 Å². The molecule has 1 aromatic carbocycles. The van der Waals surface area contributed by atoms with Gasteiger partial charge in [-0.1, -0.05) is 6.07 Å². The Bertz CT molecular complexity index is 544. The van der Waals surface area contributed by atoms with Gasteiger partial charge in [-0.05, 0) is 50.1 Å². The van der Waals surface area contributed by atoms with Crippen LogP contribution in [0.25, 0.3) is 0 Å². The summed E-state index contributed by atoms with van der Waals surface area (Å²) in [5.41, 5.74) is 1.08. The molecule has 1 fully saturated rings. The highest BCUT2D eigenvalue weighted by molar-refractivity contribution is 7.98. The van der Waals surface area contributed by atoms with E-state index in [9.17, 15) is 10.1 Å². The summed E-state index contributed by atoms with van der Waals surface area (Å²) >= 11 is 1.62. The Kier molecular flexibility index (Phi) is 3.86. The van der Waals surface area contributed by atoms with Crippen LogP contribution in [0.1, 0.15) is 35.2 Å². The first kappa shape index (κ1) is 14.0. The Morgan fingerprint density at radius 3 is 2.63 bits per heavy atom. The molecule has 0 N–H and O–H groups in total. The highest BCUT2D eigenvalue weighted by Gasteiger charge is 2.43. The van der Waals surface area contributed by atoms with Crippen molar-refractivity contribution in [1.29, 1.82) is 5.26 Å². The zero-order valence-corrected chi connectivity index (χ0v) is 12.4. The van der Waals surface area contributed by atoms with Crippen molar-refractivity contribution in [3.8, 4) is 6.07 Å². The smallest absolute Gasteiger partial charge is 0.255 e. The summed E-state index contributed by atoms with van der Waals surface area (Å²) in [6.07, 6.45) is 4.58. The summed E-state index contributed by atoms with van der Waals surface area (Å²) in [4.78, 5) is 15.3. The number of hydrogen-bond donors (Lipinski definition) is 0. The molecule has 0 heterocycles. The van der Waals surface area contributed by atoms with Crippen LogP contribution >= 0.6 is 11.8 Å². The standard InChI is InChI=1S/C15H18N2OS/c1-11-5-6-12(19-3)9-13(11)14(18)17(2)15(10-16)7-4-8-15/h5-6,9H,4,7-8H2,1-3H3. The van der Waals surface area contributed by atoms with Gasteiger partial charge in [-0.3, -0.25) is 4.79 Å². The molecule has 1 saturated carbocycles. The first-order chi connectivity index (χ1) is 9.04. The number of carbonyl (C=O) groups excluding carboxylic acids is 1. The van der Waals surface area contributed by atoms with Crippen molar-refractivity contribution in [2.45, 2.75) is 36.6 Å². The summed E-state index contributed by atoms with van der Waals surface area (Å²) in [5, 5.41) is 9.32. The van der Waals surface area contributed by atoms with Gasteiger partial charge in [-0.2, -0.15) is 5.26 Å². The van der Waals surface area contributed by atoms with Gasteiger partial charge in [0, 0.05) is 17.5 Å². The fourth-order valence-electron chi connectivity index (χ4n) is 2.37. The van der Waals surface area contributed by atoms with E-state index in [1.165, 1.54) is 0 Å². The molecule has 0 spiro atoms. The predicted molar refractivity (Wildman–Crippen MR) is 77.2 cm³/mol. The summed E-state index contributed by atoms with van der Waals surface area (Å²) in [5.74, 6) is -0.0466. The number of nitrogens with zero attached hydrogens (tertiary/aromatic N) is 2. The molecule has 1 amide bonds. The van der Waals surface area contributed by atoms with E-state index in [1.54, 1.807) is 23.7 Å². The molecule has 100 valence electrons. The minimum atomic E-state index is -0.584. The Labute approximate surface area is 118 Å². The number of carbonyl (C=O) groups is 1. The van der Waals surface area contributed by atoms with Crippen molar-refractivity contribution in [2.24, 2.45) is 0 Å². The van der Waals surface area contributed by atoms with Gasteiger partial charge in [0.2, 0.25) is 0 Å². The SMILES string of the molecule is CSc1ccc(C)c(C(=O)N(C)C2(C#N)CCC2)c1. The molecule has 0 bridgehead atoms. The lowest BCUT2D eigenvalue weighted by molar-refractivity contribution is 0.0496. The molecule has 3 nitrogen and oxygen atoms in total. The molecule has 19 heavy (non-hydrogen) atoms. The van der Waals surface area contributed by atoms with E-state index in [0.29, 0.717) is 5.56 Å². The van der Waals surface area contributed by atoms with Crippen LogP contribution in [-0.2, 0) is 0 Å². The Hall–Kier alpha value is -1.47. The van der Waals surface area contributed by atoms with Gasteiger partial charge in [0.15, 0.2) is 0 Å². The van der Waals surface area contributed by atoms with E-state index in [1.807, 2.05) is 31.4 Å². The van der Waals surface area contributed by atoms with Crippen molar-refractivity contribution >= 4 is 17.7 Å². The molecule has 2 rings (SSSR count). The van der Waals surface area contributed by atoms with E-state index < -0.39 is 5.54 Å². The van der Waals surface area contributed by atoms with Crippen molar-refractivity contribution in [3.05, 3.63) is 29.3 Å². The molecule has 0 aliphatic heterocycles. The zero-order valence-electron chi connectivity index (χ0n) is 11.6. The van der Waals surface area contributed by atoms with Crippen molar-refractivity contribution < 1.29 is 4.79 Å². The monoisotopic (exact) mass is 274 g/mol. The van der Waals surface area contributed by atoms with E-state index in [4.69, 9.17) is 0 Å². The number of nitriles is 1. The Morgan fingerprint density at radius 1 is 1.47 bits per heavy atom. The number of aryl methyl sites for hydroxylation is 1. The van der Waals surface area contributed by atoms with Gasteiger partial charge in [-0.15, -0.1) is 11.8 Å². The molecule has 1 aliphatic rings. The van der Waals surface area contributed by atoms with Gasteiger partial charge in [0.1, 0.15) is 5.54 Å². The molecule has 0 saturated heterocycles. The number of thioether (sulfide) groups is 1. The fourth-order valence-corrected chi connectivity index (χ4v) is 2.81.